The minimum absolute atomic E-state index is 0.0465. The fourth-order valence-electron chi connectivity index (χ4n) is 2.63. The van der Waals surface area contributed by atoms with E-state index in [1.165, 1.54) is 6.42 Å². The molecule has 1 aromatic rings. The molecule has 1 aliphatic rings. The van der Waals surface area contributed by atoms with Gasteiger partial charge in [0, 0.05) is 23.6 Å². The van der Waals surface area contributed by atoms with Gasteiger partial charge in [0.25, 0.3) is 0 Å². The molecule has 0 aromatic heterocycles. The number of rotatable bonds is 5. The summed E-state index contributed by atoms with van der Waals surface area (Å²) in [5.74, 6) is 2.25. The van der Waals surface area contributed by atoms with Crippen molar-refractivity contribution in [3.63, 3.8) is 0 Å². The van der Waals surface area contributed by atoms with Crippen molar-refractivity contribution in [1.82, 2.24) is 0 Å². The molecule has 0 spiro atoms. The smallest absolute Gasteiger partial charge is 0.164 e. The molecular weight excluding hydrogens is 230 g/mol. The fraction of sp³-hybridized carbons (Fsp3) is 0.571. The summed E-state index contributed by atoms with van der Waals surface area (Å²) in [6.07, 6.45) is 3.43. The van der Waals surface area contributed by atoms with Gasteiger partial charge in [-0.3, -0.25) is 0 Å². The quantitative estimate of drug-likeness (QED) is 0.870. The van der Waals surface area contributed by atoms with Crippen LogP contribution in [-0.2, 0) is 5.41 Å². The highest BCUT2D eigenvalue weighted by Gasteiger charge is 2.40. The molecule has 0 amide bonds. The Morgan fingerprint density at radius 3 is 1.94 bits per heavy atom. The molecule has 100 valence electrons. The van der Waals surface area contributed by atoms with Crippen LogP contribution in [0.15, 0.2) is 12.1 Å². The average Bonchev–Trinajstić information content (AvgIpc) is 2.37. The van der Waals surface area contributed by atoms with E-state index in [-0.39, 0.29) is 5.41 Å². The van der Waals surface area contributed by atoms with Crippen molar-refractivity contribution in [1.29, 1.82) is 0 Å². The Morgan fingerprint density at radius 1 is 1.00 bits per heavy atom. The maximum absolute atomic E-state index is 5.96. The summed E-state index contributed by atoms with van der Waals surface area (Å²) in [6.45, 7) is 0.638. The topological polar surface area (TPSA) is 53.7 Å². The van der Waals surface area contributed by atoms with Crippen molar-refractivity contribution in [2.24, 2.45) is 5.73 Å². The summed E-state index contributed by atoms with van der Waals surface area (Å²) in [7, 11) is 4.94. The first-order valence-corrected chi connectivity index (χ1v) is 6.21. The van der Waals surface area contributed by atoms with Crippen molar-refractivity contribution >= 4 is 0 Å². The zero-order valence-electron chi connectivity index (χ0n) is 11.3. The largest absolute Gasteiger partial charge is 0.496 e. The van der Waals surface area contributed by atoms with Crippen LogP contribution in [0.4, 0.5) is 0 Å². The fourth-order valence-corrected chi connectivity index (χ4v) is 2.63. The maximum Gasteiger partial charge on any atom is 0.164 e. The van der Waals surface area contributed by atoms with Gasteiger partial charge >= 0.3 is 0 Å². The van der Waals surface area contributed by atoms with Crippen LogP contribution >= 0.6 is 0 Å². The minimum atomic E-state index is 0.0465. The number of benzene rings is 1. The van der Waals surface area contributed by atoms with Gasteiger partial charge in [-0.2, -0.15) is 0 Å². The number of nitrogens with two attached hydrogens (primary N) is 1. The van der Waals surface area contributed by atoms with Crippen LogP contribution < -0.4 is 19.9 Å². The lowest BCUT2D eigenvalue weighted by atomic mass is 9.64. The molecule has 18 heavy (non-hydrogen) atoms. The van der Waals surface area contributed by atoms with E-state index in [0.29, 0.717) is 12.3 Å². The Labute approximate surface area is 108 Å². The summed E-state index contributed by atoms with van der Waals surface area (Å²) < 4.78 is 16.1. The molecule has 0 unspecified atom stereocenters. The zero-order chi connectivity index (χ0) is 13.2. The molecule has 0 heterocycles. The second-order valence-corrected chi connectivity index (χ2v) is 4.75. The Hall–Kier alpha value is -1.42. The van der Waals surface area contributed by atoms with Crippen LogP contribution in [0.1, 0.15) is 24.8 Å². The van der Waals surface area contributed by atoms with Crippen LogP contribution in [0.2, 0.25) is 0 Å². The molecule has 1 fully saturated rings. The molecule has 1 aromatic carbocycles. The van der Waals surface area contributed by atoms with Crippen LogP contribution in [0.25, 0.3) is 0 Å². The van der Waals surface area contributed by atoms with Crippen molar-refractivity contribution in [2.75, 3.05) is 27.9 Å². The summed E-state index contributed by atoms with van der Waals surface area (Å²) >= 11 is 0. The molecule has 0 aliphatic heterocycles. The van der Waals surface area contributed by atoms with Gasteiger partial charge < -0.3 is 19.9 Å². The van der Waals surface area contributed by atoms with E-state index < -0.39 is 0 Å². The highest BCUT2D eigenvalue weighted by atomic mass is 16.5. The molecule has 0 bridgehead atoms. The first-order valence-electron chi connectivity index (χ1n) is 6.21. The normalized spacial score (nSPS) is 16.9. The van der Waals surface area contributed by atoms with Gasteiger partial charge in [0.1, 0.15) is 5.75 Å². The average molecular weight is 251 g/mol. The van der Waals surface area contributed by atoms with Gasteiger partial charge in [0.2, 0.25) is 0 Å². The third-order valence-corrected chi connectivity index (χ3v) is 3.98. The van der Waals surface area contributed by atoms with Gasteiger partial charge in [-0.05, 0) is 18.9 Å². The number of methoxy groups -OCH3 is 3. The van der Waals surface area contributed by atoms with E-state index in [4.69, 9.17) is 19.9 Å². The first-order chi connectivity index (χ1) is 8.70. The van der Waals surface area contributed by atoms with E-state index in [1.54, 1.807) is 21.3 Å². The molecule has 0 atom stereocenters. The lowest BCUT2D eigenvalue weighted by molar-refractivity contribution is 0.241. The van der Waals surface area contributed by atoms with E-state index in [0.717, 1.165) is 29.9 Å². The second-order valence-electron chi connectivity index (χ2n) is 4.75. The third kappa shape index (κ3) is 1.90. The molecular formula is C14H21NO3. The molecule has 2 rings (SSSR count). The highest BCUT2D eigenvalue weighted by Crippen LogP contribution is 2.49. The second kappa shape index (κ2) is 5.06. The standard InChI is InChI=1S/C14H21NO3/c1-16-11-8-13(18-3)12(17-2)7-10(11)14(9-15)5-4-6-14/h7-8H,4-6,9,15H2,1-3H3. The molecule has 1 aliphatic carbocycles. The van der Waals surface area contributed by atoms with Crippen molar-refractivity contribution in [3.05, 3.63) is 17.7 Å². The minimum Gasteiger partial charge on any atom is -0.496 e. The van der Waals surface area contributed by atoms with E-state index in [2.05, 4.69) is 0 Å². The lowest BCUT2D eigenvalue weighted by Gasteiger charge is -2.42. The van der Waals surface area contributed by atoms with E-state index in [9.17, 15) is 0 Å². The van der Waals surface area contributed by atoms with E-state index in [1.807, 2.05) is 12.1 Å². The molecule has 0 saturated heterocycles. The molecule has 2 N–H and O–H groups in total. The van der Waals surface area contributed by atoms with Gasteiger partial charge in [0.15, 0.2) is 11.5 Å². The predicted octanol–water partition coefficient (Wildman–Crippen LogP) is 2.09. The van der Waals surface area contributed by atoms with Crippen LogP contribution in [-0.4, -0.2) is 27.9 Å². The summed E-state index contributed by atoms with van der Waals surface area (Å²) in [5, 5.41) is 0. The van der Waals surface area contributed by atoms with E-state index >= 15 is 0 Å². The number of hydrogen-bond acceptors (Lipinski definition) is 4. The Bertz CT molecular complexity index is 422. The Kier molecular flexibility index (Phi) is 3.66. The zero-order valence-corrected chi connectivity index (χ0v) is 11.3. The SMILES string of the molecule is COc1cc(OC)c(C2(CN)CCC2)cc1OC. The lowest BCUT2D eigenvalue weighted by Crippen LogP contribution is -2.41. The maximum atomic E-state index is 5.96. The van der Waals surface area contributed by atoms with Crippen LogP contribution in [0, 0.1) is 0 Å². The Morgan fingerprint density at radius 2 is 1.56 bits per heavy atom. The first kappa shape index (κ1) is 13.0. The number of hydrogen-bond donors (Lipinski definition) is 1. The molecule has 4 nitrogen and oxygen atoms in total. The van der Waals surface area contributed by atoms with Crippen LogP contribution in [0.5, 0.6) is 17.2 Å². The Balaban J connectivity index is 2.51. The van der Waals surface area contributed by atoms with Crippen molar-refractivity contribution in [3.8, 4) is 17.2 Å². The van der Waals surface area contributed by atoms with Crippen LogP contribution in [0.3, 0.4) is 0 Å². The monoisotopic (exact) mass is 251 g/mol. The third-order valence-electron chi connectivity index (χ3n) is 3.98. The van der Waals surface area contributed by atoms with Gasteiger partial charge in [-0.25, -0.2) is 0 Å². The van der Waals surface area contributed by atoms with Crippen molar-refractivity contribution < 1.29 is 14.2 Å². The van der Waals surface area contributed by atoms with Gasteiger partial charge in [-0.15, -0.1) is 0 Å². The summed E-state index contributed by atoms with van der Waals surface area (Å²) in [6, 6.07) is 3.88. The summed E-state index contributed by atoms with van der Waals surface area (Å²) in [5.41, 5.74) is 7.14. The predicted molar refractivity (Wildman–Crippen MR) is 70.7 cm³/mol. The van der Waals surface area contributed by atoms with Gasteiger partial charge in [0.05, 0.1) is 21.3 Å². The molecule has 4 heteroatoms. The summed E-state index contributed by atoms with van der Waals surface area (Å²) in [4.78, 5) is 0. The highest BCUT2D eigenvalue weighted by molar-refractivity contribution is 5.54. The molecule has 1 saturated carbocycles. The molecule has 0 radical (unpaired) electrons. The van der Waals surface area contributed by atoms with Gasteiger partial charge in [-0.1, -0.05) is 6.42 Å². The number of ether oxygens (including phenoxy) is 3. The van der Waals surface area contributed by atoms with Crippen molar-refractivity contribution in [2.45, 2.75) is 24.7 Å².